The molecule has 0 radical (unpaired) electrons. The third kappa shape index (κ3) is 10.7. The molecule has 0 saturated carbocycles. The van der Waals surface area contributed by atoms with E-state index in [4.69, 9.17) is 13.6 Å². The van der Waals surface area contributed by atoms with Gasteiger partial charge in [-0.2, -0.15) is 0 Å². The van der Waals surface area contributed by atoms with E-state index in [0.29, 0.717) is 29.0 Å². The second kappa shape index (κ2) is 11.4. The summed E-state index contributed by atoms with van der Waals surface area (Å²) in [5.41, 5.74) is 1.29. The minimum absolute atomic E-state index is 0.275. The molecule has 1 atom stereocenters. The Morgan fingerprint density at radius 1 is 0.735 bits per heavy atom. The highest BCUT2D eigenvalue weighted by Gasteiger charge is 2.15. The average Bonchev–Trinajstić information content (AvgIpc) is 2.68. The minimum Gasteiger partial charge on any atom is -0.443 e. The molecule has 2 aromatic rings. The lowest BCUT2D eigenvalue weighted by Crippen LogP contribution is -1.94. The minimum atomic E-state index is -2.84. The van der Waals surface area contributed by atoms with Crippen LogP contribution in [0.1, 0.15) is 18.1 Å². The van der Waals surface area contributed by atoms with E-state index in [2.05, 4.69) is 0 Å². The van der Waals surface area contributed by atoms with Gasteiger partial charge in [0, 0.05) is 45.6 Å². The monoisotopic (exact) mass is 524 g/mol. The second-order valence-electron chi connectivity index (χ2n) is 8.49. The molecule has 1 unspecified atom stereocenters. The molecule has 0 N–H and O–H groups in total. The van der Waals surface area contributed by atoms with Crippen molar-refractivity contribution < 1.29 is 32.1 Å². The van der Waals surface area contributed by atoms with Crippen molar-refractivity contribution in [1.82, 2.24) is 0 Å². The van der Waals surface area contributed by atoms with Crippen LogP contribution in [0.4, 0.5) is 0 Å². The zero-order valence-electron chi connectivity index (χ0n) is 20.3. The molecule has 7 nitrogen and oxygen atoms in total. The number of ketones is 1. The van der Waals surface area contributed by atoms with Gasteiger partial charge in [-0.05, 0) is 47.5 Å². The first-order valence-electron chi connectivity index (χ1n) is 10.5. The van der Waals surface area contributed by atoms with Crippen molar-refractivity contribution in [2.75, 3.05) is 39.5 Å². The molecule has 184 valence electrons. The van der Waals surface area contributed by atoms with Crippen LogP contribution in [0.5, 0.6) is 17.2 Å². The maximum atomic E-state index is 12.4. The maximum absolute atomic E-state index is 12.4. The average molecular weight is 524 g/mol. The molecular formula is C24H31O7P3. The SMILES string of the molecule is CCP(C)(=O)Oc1cccc(/C=C/C(=O)/C=C/c2cc(OP(C)(C)=O)cc(OP(C)(C)=O)c2)c1. The number of allylic oxidation sites excluding steroid dienone is 2. The molecule has 0 bridgehead atoms. The topological polar surface area (TPSA) is 96.0 Å². The van der Waals surface area contributed by atoms with Gasteiger partial charge in [0.2, 0.25) is 22.1 Å². The Morgan fingerprint density at radius 2 is 1.24 bits per heavy atom. The Kier molecular flexibility index (Phi) is 9.37. The summed E-state index contributed by atoms with van der Waals surface area (Å²) in [6, 6.07) is 11.8. The standard InChI is InChI=1S/C24H31O7P3/c1-7-34(6,28)31-22-10-8-9-19(15-22)11-13-21(25)14-12-20-16-23(29-32(2,3)26)18-24(17-20)30-33(4,5)27/h8-18H,7H2,1-6H3/b13-11+,14-12+. The first-order valence-corrected chi connectivity index (χ1v) is 17.8. The van der Waals surface area contributed by atoms with Crippen molar-refractivity contribution in [3.05, 3.63) is 65.7 Å². The highest BCUT2D eigenvalue weighted by Crippen LogP contribution is 2.44. The van der Waals surface area contributed by atoms with Gasteiger partial charge in [-0.25, -0.2) is 0 Å². The van der Waals surface area contributed by atoms with E-state index in [1.165, 1.54) is 44.9 Å². The Morgan fingerprint density at radius 3 is 1.74 bits per heavy atom. The van der Waals surface area contributed by atoms with E-state index < -0.39 is 22.1 Å². The van der Waals surface area contributed by atoms with Crippen LogP contribution in [0, 0.1) is 0 Å². The molecule has 0 amide bonds. The van der Waals surface area contributed by atoms with Gasteiger partial charge in [-0.15, -0.1) is 0 Å². The third-order valence-electron chi connectivity index (χ3n) is 4.16. The second-order valence-corrected chi connectivity index (χ2v) is 16.7. The first-order chi connectivity index (χ1) is 15.6. The molecule has 2 rings (SSSR count). The van der Waals surface area contributed by atoms with Crippen LogP contribution < -0.4 is 13.6 Å². The summed E-state index contributed by atoms with van der Waals surface area (Å²) >= 11 is 0. The van der Waals surface area contributed by atoms with E-state index in [1.54, 1.807) is 62.1 Å². The molecule has 34 heavy (non-hydrogen) atoms. The Balaban J connectivity index is 2.20. The number of carbonyl (C=O) groups excluding carboxylic acids is 1. The first kappa shape index (κ1) is 27.9. The van der Waals surface area contributed by atoms with Crippen molar-refractivity contribution in [1.29, 1.82) is 0 Å². The summed E-state index contributed by atoms with van der Waals surface area (Å²) in [4.78, 5) is 12.4. The lowest BCUT2D eigenvalue weighted by molar-refractivity contribution is -0.110. The summed E-state index contributed by atoms with van der Waals surface area (Å²) in [5, 5.41) is 0. The van der Waals surface area contributed by atoms with Crippen molar-refractivity contribution in [3.63, 3.8) is 0 Å². The van der Waals surface area contributed by atoms with Crippen LogP contribution in [0.25, 0.3) is 12.2 Å². The summed E-state index contributed by atoms with van der Waals surface area (Å²) in [7, 11) is -8.36. The van der Waals surface area contributed by atoms with Crippen LogP contribution in [0.3, 0.4) is 0 Å². The molecule has 0 aliphatic rings. The van der Waals surface area contributed by atoms with E-state index in [-0.39, 0.29) is 5.78 Å². The normalized spacial score (nSPS) is 14.2. The molecule has 2 aromatic carbocycles. The number of benzene rings is 2. The maximum Gasteiger partial charge on any atom is 0.244 e. The fourth-order valence-electron chi connectivity index (χ4n) is 2.68. The predicted octanol–water partition coefficient (Wildman–Crippen LogP) is 7.12. The zero-order chi connectivity index (χ0) is 25.6. The van der Waals surface area contributed by atoms with Gasteiger partial charge in [0.1, 0.15) is 17.2 Å². The van der Waals surface area contributed by atoms with Gasteiger partial charge >= 0.3 is 0 Å². The summed E-state index contributed by atoms with van der Waals surface area (Å²) in [5.74, 6) is 0.789. The van der Waals surface area contributed by atoms with Gasteiger partial charge < -0.3 is 13.6 Å². The third-order valence-corrected chi connectivity index (χ3v) is 7.21. The van der Waals surface area contributed by atoms with Crippen molar-refractivity contribution in [2.24, 2.45) is 0 Å². The van der Waals surface area contributed by atoms with Gasteiger partial charge in [0.15, 0.2) is 5.78 Å². The number of hydrogen-bond donors (Lipinski definition) is 0. The van der Waals surface area contributed by atoms with Crippen LogP contribution in [-0.4, -0.2) is 45.3 Å². The Bertz CT molecular complexity index is 1190. The number of carbonyl (C=O) groups is 1. The fraction of sp³-hybridized carbons (Fsp3) is 0.292. The largest absolute Gasteiger partial charge is 0.443 e. The molecule has 0 saturated heterocycles. The zero-order valence-corrected chi connectivity index (χ0v) is 22.9. The van der Waals surface area contributed by atoms with Gasteiger partial charge in [-0.3, -0.25) is 18.5 Å². The molecule has 0 heterocycles. The molecule has 10 heteroatoms. The van der Waals surface area contributed by atoms with Crippen LogP contribution in [0.15, 0.2) is 54.6 Å². The molecule has 0 aliphatic carbocycles. The van der Waals surface area contributed by atoms with E-state index in [9.17, 15) is 18.5 Å². The quantitative estimate of drug-likeness (QED) is 0.228. The van der Waals surface area contributed by atoms with Crippen LogP contribution >= 0.6 is 22.1 Å². The van der Waals surface area contributed by atoms with Crippen LogP contribution in [0.2, 0.25) is 0 Å². The molecule has 0 aliphatic heterocycles. The smallest absolute Gasteiger partial charge is 0.244 e. The van der Waals surface area contributed by atoms with E-state index in [1.807, 2.05) is 0 Å². The Labute approximate surface area is 201 Å². The van der Waals surface area contributed by atoms with Gasteiger partial charge in [0.25, 0.3) is 0 Å². The lowest BCUT2D eigenvalue weighted by atomic mass is 10.1. The van der Waals surface area contributed by atoms with Crippen molar-refractivity contribution in [2.45, 2.75) is 6.92 Å². The highest BCUT2D eigenvalue weighted by atomic mass is 31.2. The van der Waals surface area contributed by atoms with Crippen molar-refractivity contribution >= 4 is 40.0 Å². The molecular weight excluding hydrogens is 493 g/mol. The number of hydrogen-bond acceptors (Lipinski definition) is 7. The molecule has 0 spiro atoms. The Hall–Kier alpha value is -2.32. The predicted molar refractivity (Wildman–Crippen MR) is 141 cm³/mol. The summed E-state index contributed by atoms with van der Waals surface area (Å²) in [6.45, 7) is 9.32. The summed E-state index contributed by atoms with van der Waals surface area (Å²) < 4.78 is 52.9. The van der Waals surface area contributed by atoms with E-state index in [0.717, 1.165) is 5.56 Å². The van der Waals surface area contributed by atoms with E-state index >= 15 is 0 Å². The van der Waals surface area contributed by atoms with Gasteiger partial charge in [-0.1, -0.05) is 31.2 Å². The lowest BCUT2D eigenvalue weighted by Gasteiger charge is -2.15. The molecule has 0 aromatic heterocycles. The van der Waals surface area contributed by atoms with Crippen molar-refractivity contribution in [3.8, 4) is 17.2 Å². The molecule has 0 fully saturated rings. The number of rotatable bonds is 11. The fourth-order valence-corrected chi connectivity index (χ4v) is 4.59. The highest BCUT2D eigenvalue weighted by molar-refractivity contribution is 7.58. The van der Waals surface area contributed by atoms with Crippen LogP contribution in [-0.2, 0) is 18.5 Å². The summed E-state index contributed by atoms with van der Waals surface area (Å²) in [6.07, 6.45) is 6.39. The van der Waals surface area contributed by atoms with Gasteiger partial charge in [0.05, 0.1) is 0 Å².